The topological polar surface area (TPSA) is 97.1 Å². The Morgan fingerprint density at radius 2 is 1.88 bits per heavy atom. The lowest BCUT2D eigenvalue weighted by Crippen LogP contribution is -2.43. The van der Waals surface area contributed by atoms with Crippen LogP contribution in [-0.2, 0) is 6.54 Å². The highest BCUT2D eigenvalue weighted by molar-refractivity contribution is 6.00. The summed E-state index contributed by atoms with van der Waals surface area (Å²) >= 11 is 0. The molecule has 0 saturated carbocycles. The molecule has 0 radical (unpaired) electrons. The number of anilines is 1. The van der Waals surface area contributed by atoms with Gasteiger partial charge in [0.1, 0.15) is 5.52 Å². The average Bonchev–Trinajstić information content (AvgIpc) is 3.25. The molecule has 3 aromatic rings. The number of oxazole rings is 1. The lowest BCUT2D eigenvalue weighted by molar-refractivity contribution is 0.0699. The number of carboxylic acid groups (broad SMARTS) is 1. The smallest absolute Gasteiger partial charge is 0.338 e. The predicted octanol–water partition coefficient (Wildman–Crippen LogP) is 4.22. The van der Waals surface area contributed by atoms with Gasteiger partial charge in [-0.25, -0.2) is 4.79 Å². The third kappa shape index (κ3) is 4.88. The van der Waals surface area contributed by atoms with E-state index < -0.39 is 11.8 Å². The number of nitrogens with zero attached hydrogens (tertiary/aromatic N) is 2. The van der Waals surface area contributed by atoms with Crippen LogP contribution in [0.15, 0.2) is 34.7 Å². The fraction of sp³-hybridized carbons (Fsp3) is 0.417. The van der Waals surface area contributed by atoms with E-state index in [1.807, 2.05) is 4.90 Å². The lowest BCUT2D eigenvalue weighted by Gasteiger charge is -2.33. The van der Waals surface area contributed by atoms with Crippen molar-refractivity contribution in [1.29, 1.82) is 0 Å². The second-order valence-corrected chi connectivity index (χ2v) is 7.84. The summed E-state index contributed by atoms with van der Waals surface area (Å²) in [7, 11) is 0. The fourth-order valence-corrected chi connectivity index (χ4v) is 4.14. The number of aromatic carboxylic acids is 1. The van der Waals surface area contributed by atoms with Gasteiger partial charge in [0.25, 0.3) is 6.01 Å². The number of halogens is 1. The minimum absolute atomic E-state index is 0.0896. The largest absolute Gasteiger partial charge is 0.491 e. The van der Waals surface area contributed by atoms with Gasteiger partial charge in [-0.3, -0.25) is 0 Å². The molecular formula is C24H28FN3O5. The summed E-state index contributed by atoms with van der Waals surface area (Å²) in [4.78, 5) is 18.2. The Kier molecular flexibility index (Phi) is 6.98. The molecule has 0 unspecified atom stereocenters. The molecule has 0 aliphatic carbocycles. The number of hydrogen-bond donors (Lipinski definition) is 2. The van der Waals surface area contributed by atoms with E-state index in [1.165, 1.54) is 6.07 Å². The van der Waals surface area contributed by atoms with E-state index in [1.54, 1.807) is 38.1 Å². The maximum atomic E-state index is 14.7. The molecule has 176 valence electrons. The third-order valence-corrected chi connectivity index (χ3v) is 5.65. The summed E-state index contributed by atoms with van der Waals surface area (Å²) in [6.07, 6.45) is 1.73. The summed E-state index contributed by atoms with van der Waals surface area (Å²) in [5.41, 5.74) is 1.59. The van der Waals surface area contributed by atoms with Crippen LogP contribution in [0.3, 0.4) is 0 Å². The van der Waals surface area contributed by atoms with E-state index in [4.69, 9.17) is 13.9 Å². The number of hydrogen-bond acceptors (Lipinski definition) is 7. The zero-order valence-corrected chi connectivity index (χ0v) is 18.8. The molecule has 0 spiro atoms. The first kappa shape index (κ1) is 22.8. The number of carboxylic acids is 1. The molecule has 1 aliphatic rings. The molecule has 0 atom stereocenters. The van der Waals surface area contributed by atoms with Gasteiger partial charge in [0, 0.05) is 12.6 Å². The van der Waals surface area contributed by atoms with Gasteiger partial charge in [-0.2, -0.15) is 9.37 Å². The monoisotopic (exact) mass is 457 g/mol. The molecule has 1 aliphatic heterocycles. The zero-order chi connectivity index (χ0) is 23.4. The molecule has 1 fully saturated rings. The summed E-state index contributed by atoms with van der Waals surface area (Å²) in [6.45, 7) is 6.32. The van der Waals surface area contributed by atoms with Crippen molar-refractivity contribution in [2.75, 3.05) is 31.2 Å². The van der Waals surface area contributed by atoms with E-state index in [2.05, 4.69) is 10.3 Å². The Bertz CT molecular complexity index is 1100. The van der Waals surface area contributed by atoms with Crippen molar-refractivity contribution in [3.05, 3.63) is 47.3 Å². The van der Waals surface area contributed by atoms with Crippen molar-refractivity contribution in [2.45, 2.75) is 39.3 Å². The van der Waals surface area contributed by atoms with Crippen LogP contribution in [0.25, 0.3) is 11.1 Å². The maximum absolute atomic E-state index is 14.7. The molecule has 33 heavy (non-hydrogen) atoms. The number of nitrogens with one attached hydrogen (secondary N) is 1. The van der Waals surface area contributed by atoms with Crippen molar-refractivity contribution in [3.63, 3.8) is 0 Å². The SMILES string of the molecule is CCOc1cc(CN(c2nc3c(C(=O)O)cccc3o2)C2CCNCC2)cc(OCC)c1F. The molecule has 0 amide bonds. The van der Waals surface area contributed by atoms with Gasteiger partial charge in [-0.15, -0.1) is 0 Å². The predicted molar refractivity (Wildman–Crippen MR) is 122 cm³/mol. The van der Waals surface area contributed by atoms with Crippen LogP contribution in [0.2, 0.25) is 0 Å². The number of para-hydroxylation sites is 1. The number of rotatable bonds is 9. The number of piperidine rings is 1. The Morgan fingerprint density at radius 1 is 1.21 bits per heavy atom. The van der Waals surface area contributed by atoms with Crippen LogP contribution in [0.1, 0.15) is 42.6 Å². The first-order valence-electron chi connectivity index (χ1n) is 11.2. The summed E-state index contributed by atoms with van der Waals surface area (Å²) < 4.78 is 31.8. The number of carbonyl (C=O) groups is 1. The first-order chi connectivity index (χ1) is 16.0. The summed E-state index contributed by atoms with van der Waals surface area (Å²) in [5, 5.41) is 12.9. The van der Waals surface area contributed by atoms with Gasteiger partial charge in [-0.1, -0.05) is 6.07 Å². The molecule has 2 N–H and O–H groups in total. The van der Waals surface area contributed by atoms with Gasteiger partial charge in [0.15, 0.2) is 17.1 Å². The quantitative estimate of drug-likeness (QED) is 0.493. The Labute approximate surface area is 191 Å². The van der Waals surface area contributed by atoms with Crippen LogP contribution in [0.4, 0.5) is 10.4 Å². The number of ether oxygens (including phenoxy) is 2. The molecule has 1 saturated heterocycles. The minimum Gasteiger partial charge on any atom is -0.491 e. The molecule has 9 heteroatoms. The van der Waals surface area contributed by atoms with Crippen molar-refractivity contribution in [1.82, 2.24) is 10.3 Å². The van der Waals surface area contributed by atoms with Crippen molar-refractivity contribution >= 4 is 23.1 Å². The fourth-order valence-electron chi connectivity index (χ4n) is 4.14. The molecule has 4 rings (SSSR count). The highest BCUT2D eigenvalue weighted by Crippen LogP contribution is 2.33. The van der Waals surface area contributed by atoms with Gasteiger partial charge in [0.05, 0.1) is 18.8 Å². The zero-order valence-electron chi connectivity index (χ0n) is 18.8. The van der Waals surface area contributed by atoms with E-state index in [9.17, 15) is 14.3 Å². The third-order valence-electron chi connectivity index (χ3n) is 5.65. The second-order valence-electron chi connectivity index (χ2n) is 7.84. The van der Waals surface area contributed by atoms with Crippen molar-refractivity contribution in [3.8, 4) is 11.5 Å². The highest BCUT2D eigenvalue weighted by atomic mass is 19.1. The van der Waals surface area contributed by atoms with E-state index in [-0.39, 0.29) is 23.1 Å². The second kappa shape index (κ2) is 10.1. The van der Waals surface area contributed by atoms with Crippen LogP contribution in [0.5, 0.6) is 11.5 Å². The van der Waals surface area contributed by atoms with Gasteiger partial charge >= 0.3 is 5.97 Å². The van der Waals surface area contributed by atoms with Crippen LogP contribution >= 0.6 is 0 Å². The minimum atomic E-state index is -1.06. The van der Waals surface area contributed by atoms with Gasteiger partial charge in [-0.05, 0) is 69.6 Å². The van der Waals surface area contributed by atoms with Crippen LogP contribution in [0, 0.1) is 5.82 Å². The Hall–Kier alpha value is -3.33. The number of fused-ring (bicyclic) bond motifs is 1. The van der Waals surface area contributed by atoms with E-state index in [0.717, 1.165) is 31.5 Å². The molecule has 1 aromatic heterocycles. The van der Waals surface area contributed by atoms with E-state index >= 15 is 0 Å². The summed E-state index contributed by atoms with van der Waals surface area (Å²) in [6, 6.07) is 8.64. The normalized spacial score (nSPS) is 14.4. The number of benzene rings is 2. The first-order valence-corrected chi connectivity index (χ1v) is 11.2. The van der Waals surface area contributed by atoms with Crippen LogP contribution < -0.4 is 19.7 Å². The highest BCUT2D eigenvalue weighted by Gasteiger charge is 2.27. The van der Waals surface area contributed by atoms with Crippen molar-refractivity contribution in [2.24, 2.45) is 0 Å². The van der Waals surface area contributed by atoms with Gasteiger partial charge in [0.2, 0.25) is 5.82 Å². The standard InChI is InChI=1S/C24H28FN3O5/c1-3-31-19-12-15(13-20(21(19)25)32-4-2)14-28(16-8-10-26-11-9-16)24-27-22-17(23(29)30)6-5-7-18(22)33-24/h5-7,12-13,16,26H,3-4,8-11,14H2,1-2H3,(H,29,30). The van der Waals surface area contributed by atoms with Gasteiger partial charge < -0.3 is 29.2 Å². The molecule has 0 bridgehead atoms. The number of aromatic nitrogens is 1. The molecule has 8 nitrogen and oxygen atoms in total. The average molecular weight is 458 g/mol. The van der Waals surface area contributed by atoms with Crippen LogP contribution in [-0.4, -0.2) is 48.4 Å². The molecule has 2 aromatic carbocycles. The molecular weight excluding hydrogens is 429 g/mol. The Morgan fingerprint density at radius 3 is 2.48 bits per heavy atom. The lowest BCUT2D eigenvalue weighted by atomic mass is 10.0. The van der Waals surface area contributed by atoms with Crippen molar-refractivity contribution < 1.29 is 28.2 Å². The molecule has 2 heterocycles. The van der Waals surface area contributed by atoms with E-state index in [0.29, 0.717) is 36.9 Å². The Balaban J connectivity index is 1.75. The summed E-state index contributed by atoms with van der Waals surface area (Å²) in [5.74, 6) is -1.32. The maximum Gasteiger partial charge on any atom is 0.338 e.